The fourth-order valence-corrected chi connectivity index (χ4v) is 1.47. The lowest BCUT2D eigenvalue weighted by Gasteiger charge is -2.36. The average Bonchev–Trinajstić information content (AvgIpc) is 2.47. The van der Waals surface area contributed by atoms with Crippen molar-refractivity contribution in [3.63, 3.8) is 0 Å². The lowest BCUT2D eigenvalue weighted by molar-refractivity contribution is -0.195. The van der Waals surface area contributed by atoms with Gasteiger partial charge in [0.2, 0.25) is 0 Å². The summed E-state index contributed by atoms with van der Waals surface area (Å²) in [5.41, 5.74) is -0.405. The molecular formula is C8H13NO4. The number of ether oxygens (including phenoxy) is 3. The van der Waals surface area contributed by atoms with Crippen LogP contribution in [0.25, 0.3) is 0 Å². The summed E-state index contributed by atoms with van der Waals surface area (Å²) >= 11 is 0. The minimum absolute atomic E-state index is 0.244. The second-order valence-corrected chi connectivity index (χ2v) is 3.25. The third kappa shape index (κ3) is 1.54. The van der Waals surface area contributed by atoms with Crippen molar-refractivity contribution in [2.24, 2.45) is 0 Å². The molecule has 0 bridgehead atoms. The quantitative estimate of drug-likeness (QED) is 0.577. The fraction of sp³-hybridized carbons (Fsp3) is 0.875. The molecule has 2 fully saturated rings. The third-order valence-electron chi connectivity index (χ3n) is 2.21. The molecule has 0 saturated carbocycles. The highest BCUT2D eigenvalue weighted by Crippen LogP contribution is 2.24. The molecular weight excluding hydrogens is 174 g/mol. The van der Waals surface area contributed by atoms with Gasteiger partial charge in [-0.1, -0.05) is 0 Å². The van der Waals surface area contributed by atoms with Gasteiger partial charge in [-0.15, -0.1) is 0 Å². The van der Waals surface area contributed by atoms with Crippen molar-refractivity contribution in [1.29, 1.82) is 0 Å². The van der Waals surface area contributed by atoms with Crippen molar-refractivity contribution >= 4 is 5.97 Å². The lowest BCUT2D eigenvalue weighted by Crippen LogP contribution is -2.60. The van der Waals surface area contributed by atoms with E-state index in [1.165, 1.54) is 0 Å². The van der Waals surface area contributed by atoms with Gasteiger partial charge in [-0.05, 0) is 6.92 Å². The monoisotopic (exact) mass is 187 g/mol. The molecule has 0 amide bonds. The van der Waals surface area contributed by atoms with E-state index in [9.17, 15) is 4.79 Å². The van der Waals surface area contributed by atoms with E-state index in [0.29, 0.717) is 26.4 Å². The van der Waals surface area contributed by atoms with E-state index < -0.39 is 5.72 Å². The van der Waals surface area contributed by atoms with Gasteiger partial charge in [0.05, 0.1) is 26.4 Å². The number of hydrogen-bond acceptors (Lipinski definition) is 5. The Bertz CT molecular complexity index is 214. The van der Waals surface area contributed by atoms with Crippen molar-refractivity contribution in [2.75, 3.05) is 26.4 Å². The van der Waals surface area contributed by atoms with Crippen molar-refractivity contribution in [3.05, 3.63) is 0 Å². The van der Waals surface area contributed by atoms with Gasteiger partial charge in [0.1, 0.15) is 6.04 Å². The summed E-state index contributed by atoms with van der Waals surface area (Å²) < 4.78 is 15.3. The maximum Gasteiger partial charge on any atom is 0.325 e. The Morgan fingerprint density at radius 1 is 1.69 bits per heavy atom. The molecule has 13 heavy (non-hydrogen) atoms. The molecule has 2 heterocycles. The Balaban J connectivity index is 1.87. The molecule has 1 spiro atoms. The molecule has 74 valence electrons. The number of hydrogen-bond donors (Lipinski definition) is 1. The van der Waals surface area contributed by atoms with Gasteiger partial charge in [-0.3, -0.25) is 10.1 Å². The highest BCUT2D eigenvalue weighted by Gasteiger charge is 2.48. The first-order valence-corrected chi connectivity index (χ1v) is 4.42. The van der Waals surface area contributed by atoms with E-state index >= 15 is 0 Å². The van der Waals surface area contributed by atoms with Gasteiger partial charge < -0.3 is 14.2 Å². The predicted octanol–water partition coefficient (Wildman–Crippen LogP) is -0.736. The second kappa shape index (κ2) is 3.25. The maximum absolute atomic E-state index is 11.3. The zero-order chi connectivity index (χ0) is 9.31. The summed E-state index contributed by atoms with van der Waals surface area (Å²) in [6.07, 6.45) is 0. The van der Waals surface area contributed by atoms with E-state index in [-0.39, 0.29) is 12.0 Å². The summed E-state index contributed by atoms with van der Waals surface area (Å²) in [5, 5.41) is 3.07. The molecule has 0 radical (unpaired) electrons. The van der Waals surface area contributed by atoms with Crippen molar-refractivity contribution < 1.29 is 19.0 Å². The SMILES string of the molecule is CCOC(=O)C1COC2(COC2)N1. The number of nitrogens with one attached hydrogen (secondary N) is 1. The zero-order valence-corrected chi connectivity index (χ0v) is 7.54. The van der Waals surface area contributed by atoms with E-state index in [1.54, 1.807) is 6.92 Å². The van der Waals surface area contributed by atoms with Crippen molar-refractivity contribution in [3.8, 4) is 0 Å². The fourth-order valence-electron chi connectivity index (χ4n) is 1.47. The number of carbonyl (C=O) groups is 1. The molecule has 0 aromatic rings. The summed E-state index contributed by atoms with van der Waals surface area (Å²) in [5.74, 6) is -0.244. The molecule has 1 unspecified atom stereocenters. The van der Waals surface area contributed by atoms with Crippen LogP contribution in [-0.2, 0) is 19.0 Å². The third-order valence-corrected chi connectivity index (χ3v) is 2.21. The van der Waals surface area contributed by atoms with Gasteiger partial charge in [0.25, 0.3) is 0 Å². The molecule has 0 aliphatic carbocycles. The van der Waals surface area contributed by atoms with Crippen molar-refractivity contribution in [1.82, 2.24) is 5.32 Å². The smallest absolute Gasteiger partial charge is 0.325 e. The van der Waals surface area contributed by atoms with E-state index in [2.05, 4.69) is 5.32 Å². The Morgan fingerprint density at radius 2 is 2.46 bits per heavy atom. The number of rotatable bonds is 2. The second-order valence-electron chi connectivity index (χ2n) is 3.25. The molecule has 0 aromatic heterocycles. The minimum atomic E-state index is -0.405. The zero-order valence-electron chi connectivity index (χ0n) is 7.54. The van der Waals surface area contributed by atoms with Gasteiger partial charge in [0, 0.05) is 0 Å². The lowest BCUT2D eigenvalue weighted by atomic mass is 10.2. The Hall–Kier alpha value is -0.650. The molecule has 0 aromatic carbocycles. The van der Waals surface area contributed by atoms with Gasteiger partial charge >= 0.3 is 5.97 Å². The number of esters is 1. The van der Waals surface area contributed by atoms with E-state index in [1.807, 2.05) is 0 Å². The van der Waals surface area contributed by atoms with Crippen LogP contribution in [0.15, 0.2) is 0 Å². The van der Waals surface area contributed by atoms with Crippen molar-refractivity contribution in [2.45, 2.75) is 18.7 Å². The van der Waals surface area contributed by atoms with Crippen LogP contribution >= 0.6 is 0 Å². The number of carbonyl (C=O) groups excluding carboxylic acids is 1. The van der Waals surface area contributed by atoms with Gasteiger partial charge in [-0.2, -0.15) is 0 Å². The van der Waals surface area contributed by atoms with Gasteiger partial charge in [0.15, 0.2) is 5.72 Å². The van der Waals surface area contributed by atoms with E-state index in [4.69, 9.17) is 14.2 Å². The molecule has 5 heteroatoms. The standard InChI is InChI=1S/C8H13NO4/c1-2-12-7(10)6-3-13-8(9-6)4-11-5-8/h6,9H,2-5H2,1H3. The predicted molar refractivity (Wildman–Crippen MR) is 43.1 cm³/mol. The van der Waals surface area contributed by atoms with Crippen LogP contribution in [-0.4, -0.2) is 44.2 Å². The Morgan fingerprint density at radius 3 is 2.92 bits per heavy atom. The molecule has 2 rings (SSSR count). The highest BCUT2D eigenvalue weighted by atomic mass is 16.6. The maximum atomic E-state index is 11.3. The van der Waals surface area contributed by atoms with E-state index in [0.717, 1.165) is 0 Å². The first-order chi connectivity index (χ1) is 6.26. The molecule has 1 N–H and O–H groups in total. The summed E-state index contributed by atoms with van der Waals surface area (Å²) in [4.78, 5) is 11.3. The highest BCUT2D eigenvalue weighted by molar-refractivity contribution is 5.76. The largest absolute Gasteiger partial charge is 0.465 e. The van der Waals surface area contributed by atoms with Crippen LogP contribution in [0.3, 0.4) is 0 Å². The molecule has 1 atom stereocenters. The molecule has 2 aliphatic heterocycles. The summed E-state index contributed by atoms with van der Waals surface area (Å²) in [6.45, 7) is 3.60. The molecule has 2 aliphatic rings. The van der Waals surface area contributed by atoms with Crippen LogP contribution in [0, 0.1) is 0 Å². The van der Waals surface area contributed by atoms with Crippen LogP contribution in [0.1, 0.15) is 6.92 Å². The first kappa shape index (κ1) is 8.93. The Kier molecular flexibility index (Phi) is 2.23. The summed E-state index contributed by atoms with van der Waals surface area (Å²) in [7, 11) is 0. The van der Waals surface area contributed by atoms with Gasteiger partial charge in [-0.25, -0.2) is 0 Å². The Labute approximate surface area is 76.3 Å². The van der Waals surface area contributed by atoms with Crippen LogP contribution in [0.5, 0.6) is 0 Å². The first-order valence-electron chi connectivity index (χ1n) is 4.42. The summed E-state index contributed by atoms with van der Waals surface area (Å²) in [6, 6.07) is -0.330. The van der Waals surface area contributed by atoms with Crippen LogP contribution in [0.4, 0.5) is 0 Å². The topological polar surface area (TPSA) is 56.8 Å². The average molecular weight is 187 g/mol. The van der Waals surface area contributed by atoms with Crippen LogP contribution < -0.4 is 5.32 Å². The molecule has 2 saturated heterocycles. The minimum Gasteiger partial charge on any atom is -0.465 e. The normalized spacial score (nSPS) is 30.1. The molecule has 5 nitrogen and oxygen atoms in total. The van der Waals surface area contributed by atoms with Crippen LogP contribution in [0.2, 0.25) is 0 Å².